The van der Waals surface area contributed by atoms with E-state index in [1.165, 1.54) is 23.3 Å². The summed E-state index contributed by atoms with van der Waals surface area (Å²) in [7, 11) is 1.54. The highest BCUT2D eigenvalue weighted by Gasteiger charge is 2.48. The number of Topliss-reactive ketones (excluding diaryl/α,β-unsaturated/α-hetero) is 1. The van der Waals surface area contributed by atoms with E-state index in [9.17, 15) is 14.7 Å². The van der Waals surface area contributed by atoms with Gasteiger partial charge >= 0.3 is 5.91 Å². The van der Waals surface area contributed by atoms with E-state index in [0.717, 1.165) is 4.70 Å². The molecule has 5 rings (SSSR count). The minimum absolute atomic E-state index is 0.0480. The van der Waals surface area contributed by atoms with Crippen LogP contribution in [0.3, 0.4) is 0 Å². The van der Waals surface area contributed by atoms with Gasteiger partial charge in [0.15, 0.2) is 5.13 Å². The number of anilines is 1. The van der Waals surface area contributed by atoms with E-state index in [0.29, 0.717) is 40.0 Å². The Kier molecular flexibility index (Phi) is 5.92. The summed E-state index contributed by atoms with van der Waals surface area (Å²) in [4.78, 5) is 36.9. The smallest absolute Gasteiger partial charge is 0.301 e. The van der Waals surface area contributed by atoms with Gasteiger partial charge in [-0.3, -0.25) is 19.5 Å². The molecule has 1 N–H and O–H groups in total. The van der Waals surface area contributed by atoms with Crippen LogP contribution >= 0.6 is 11.3 Å². The number of ketones is 1. The number of fused-ring (bicyclic) bond motifs is 1. The monoisotopic (exact) mass is 487 g/mol. The summed E-state index contributed by atoms with van der Waals surface area (Å²) in [5.41, 5.74) is 1.45. The van der Waals surface area contributed by atoms with E-state index < -0.39 is 17.7 Å². The molecule has 35 heavy (non-hydrogen) atoms. The van der Waals surface area contributed by atoms with Crippen LogP contribution in [0.2, 0.25) is 0 Å². The van der Waals surface area contributed by atoms with Crippen molar-refractivity contribution in [1.82, 2.24) is 9.97 Å². The average Bonchev–Trinajstić information content (AvgIpc) is 3.42. The van der Waals surface area contributed by atoms with Crippen molar-refractivity contribution in [2.75, 3.05) is 18.6 Å². The number of aliphatic hydroxyl groups excluding tert-OH is 1. The number of hydrogen-bond acceptors (Lipinski definition) is 8. The van der Waals surface area contributed by atoms with Crippen molar-refractivity contribution in [3.05, 3.63) is 83.7 Å². The Morgan fingerprint density at radius 3 is 2.54 bits per heavy atom. The van der Waals surface area contributed by atoms with Crippen molar-refractivity contribution in [3.63, 3.8) is 0 Å². The third-order valence-corrected chi connectivity index (χ3v) is 6.66. The summed E-state index contributed by atoms with van der Waals surface area (Å²) in [5, 5.41) is 11.5. The van der Waals surface area contributed by atoms with Crippen LogP contribution in [-0.4, -0.2) is 40.5 Å². The zero-order valence-electron chi connectivity index (χ0n) is 19.0. The first kappa shape index (κ1) is 22.5. The molecule has 3 heterocycles. The number of methoxy groups -OCH3 is 1. The van der Waals surface area contributed by atoms with Crippen LogP contribution < -0.4 is 14.4 Å². The fourth-order valence-corrected chi connectivity index (χ4v) is 5.02. The maximum absolute atomic E-state index is 13.3. The number of aliphatic hydroxyl groups is 1. The Morgan fingerprint density at radius 1 is 1.09 bits per heavy atom. The van der Waals surface area contributed by atoms with Crippen LogP contribution in [0.1, 0.15) is 24.2 Å². The number of carbonyl (C=O) groups excluding carboxylic acids is 2. The molecule has 2 aromatic carbocycles. The molecule has 1 unspecified atom stereocenters. The van der Waals surface area contributed by atoms with Crippen molar-refractivity contribution in [2.45, 2.75) is 13.0 Å². The fourth-order valence-electron chi connectivity index (χ4n) is 4.00. The summed E-state index contributed by atoms with van der Waals surface area (Å²) >= 11 is 1.27. The molecule has 4 aromatic rings. The lowest BCUT2D eigenvalue weighted by Gasteiger charge is -2.21. The number of thiazole rings is 1. The molecule has 8 nitrogen and oxygen atoms in total. The molecule has 1 fully saturated rings. The van der Waals surface area contributed by atoms with Gasteiger partial charge in [0.1, 0.15) is 23.3 Å². The van der Waals surface area contributed by atoms with Crippen molar-refractivity contribution in [2.24, 2.45) is 0 Å². The molecule has 1 aliphatic heterocycles. The first-order valence-electron chi connectivity index (χ1n) is 10.9. The fraction of sp³-hybridized carbons (Fsp3) is 0.154. The minimum Gasteiger partial charge on any atom is -0.507 e. The van der Waals surface area contributed by atoms with Gasteiger partial charge in [0.2, 0.25) is 0 Å². The first-order valence-corrected chi connectivity index (χ1v) is 11.7. The lowest BCUT2D eigenvalue weighted by Crippen LogP contribution is -2.29. The van der Waals surface area contributed by atoms with E-state index in [2.05, 4.69) is 9.97 Å². The van der Waals surface area contributed by atoms with E-state index in [4.69, 9.17) is 9.47 Å². The molecular weight excluding hydrogens is 466 g/mol. The van der Waals surface area contributed by atoms with Gasteiger partial charge in [-0.05, 0) is 61.5 Å². The number of ether oxygens (including phenoxy) is 2. The predicted octanol–water partition coefficient (Wildman–Crippen LogP) is 4.72. The number of hydrogen-bond donors (Lipinski definition) is 1. The highest BCUT2D eigenvalue weighted by atomic mass is 32.1. The Hall–Kier alpha value is -4.24. The lowest BCUT2D eigenvalue weighted by molar-refractivity contribution is -0.132. The zero-order chi connectivity index (χ0) is 24.5. The second-order valence-corrected chi connectivity index (χ2v) is 8.72. The average molecular weight is 488 g/mol. The van der Waals surface area contributed by atoms with Gasteiger partial charge in [-0.15, -0.1) is 0 Å². The Bertz CT molecular complexity index is 1450. The van der Waals surface area contributed by atoms with Gasteiger partial charge in [-0.2, -0.15) is 0 Å². The maximum Gasteiger partial charge on any atom is 0.301 e. The molecule has 0 aliphatic carbocycles. The van der Waals surface area contributed by atoms with Crippen LogP contribution in [0.5, 0.6) is 11.5 Å². The second-order valence-electron chi connectivity index (χ2n) is 7.71. The second kappa shape index (κ2) is 9.19. The number of nitrogens with zero attached hydrogens (tertiary/aromatic N) is 3. The molecule has 1 amide bonds. The van der Waals surface area contributed by atoms with E-state index >= 15 is 0 Å². The molecule has 1 atom stereocenters. The Balaban J connectivity index is 1.66. The zero-order valence-corrected chi connectivity index (χ0v) is 19.8. The topological polar surface area (TPSA) is 102 Å². The summed E-state index contributed by atoms with van der Waals surface area (Å²) in [6.07, 6.45) is 1.58. The number of benzene rings is 2. The number of carbonyl (C=O) groups is 2. The standard InChI is InChI=1S/C26H21N3O5S/c1-3-34-17-11-12-18-20(14-17)35-26(28-18)29-22(19-6-4-5-13-27-19)21(24(31)25(29)32)23(30)15-7-9-16(33-2)10-8-15/h4-14,22,30H,3H2,1-2H3/b23-21+. The van der Waals surface area contributed by atoms with Crippen LogP contribution in [0.4, 0.5) is 5.13 Å². The highest BCUT2D eigenvalue weighted by Crippen LogP contribution is 2.44. The van der Waals surface area contributed by atoms with Crippen molar-refractivity contribution in [1.29, 1.82) is 0 Å². The summed E-state index contributed by atoms with van der Waals surface area (Å²) in [5.74, 6) is -0.575. The quantitative estimate of drug-likeness (QED) is 0.238. The molecule has 9 heteroatoms. The number of pyridine rings is 1. The van der Waals surface area contributed by atoms with Gasteiger partial charge in [0.25, 0.3) is 5.78 Å². The molecule has 2 aromatic heterocycles. The molecule has 1 aliphatic rings. The Labute approximate surface area is 205 Å². The minimum atomic E-state index is -0.940. The summed E-state index contributed by atoms with van der Waals surface area (Å²) in [6.45, 7) is 2.42. The molecular formula is C26H21N3O5S. The number of rotatable bonds is 6. The SMILES string of the molecule is CCOc1ccc2nc(N3C(=O)C(=O)/C(=C(/O)c4ccc(OC)cc4)C3c3ccccn3)sc2c1. The third kappa shape index (κ3) is 4.00. The van der Waals surface area contributed by atoms with Gasteiger partial charge in [0.05, 0.1) is 35.2 Å². The third-order valence-electron chi connectivity index (χ3n) is 5.64. The van der Waals surface area contributed by atoms with Crippen LogP contribution in [0.15, 0.2) is 72.4 Å². The lowest BCUT2D eigenvalue weighted by atomic mass is 9.98. The van der Waals surface area contributed by atoms with Crippen molar-refractivity contribution in [3.8, 4) is 11.5 Å². The first-order chi connectivity index (χ1) is 17.0. The summed E-state index contributed by atoms with van der Waals surface area (Å²) in [6, 6.07) is 16.4. The van der Waals surface area contributed by atoms with Gasteiger partial charge < -0.3 is 14.6 Å². The van der Waals surface area contributed by atoms with Crippen LogP contribution in [0, 0.1) is 0 Å². The molecule has 0 bridgehead atoms. The number of aromatic nitrogens is 2. The van der Waals surface area contributed by atoms with E-state index in [1.807, 2.05) is 25.1 Å². The van der Waals surface area contributed by atoms with Gasteiger partial charge in [0, 0.05) is 11.8 Å². The van der Waals surface area contributed by atoms with Crippen LogP contribution in [0.25, 0.3) is 16.0 Å². The molecule has 0 spiro atoms. The molecule has 1 saturated heterocycles. The van der Waals surface area contributed by atoms with Crippen molar-refractivity contribution >= 4 is 44.1 Å². The number of amides is 1. The maximum atomic E-state index is 13.3. The predicted molar refractivity (Wildman–Crippen MR) is 133 cm³/mol. The summed E-state index contributed by atoms with van der Waals surface area (Å²) < 4.78 is 11.6. The van der Waals surface area contributed by atoms with E-state index in [1.54, 1.807) is 48.7 Å². The van der Waals surface area contributed by atoms with Gasteiger partial charge in [-0.1, -0.05) is 17.4 Å². The highest BCUT2D eigenvalue weighted by molar-refractivity contribution is 7.22. The Morgan fingerprint density at radius 2 is 1.86 bits per heavy atom. The normalized spacial score (nSPS) is 17.2. The van der Waals surface area contributed by atoms with Crippen molar-refractivity contribution < 1.29 is 24.2 Å². The van der Waals surface area contributed by atoms with E-state index in [-0.39, 0.29) is 11.3 Å². The molecule has 0 saturated carbocycles. The molecule has 0 radical (unpaired) electrons. The molecule has 176 valence electrons. The van der Waals surface area contributed by atoms with Gasteiger partial charge in [-0.25, -0.2) is 4.98 Å². The largest absolute Gasteiger partial charge is 0.507 e. The van der Waals surface area contributed by atoms with Crippen LogP contribution in [-0.2, 0) is 9.59 Å².